The van der Waals surface area contributed by atoms with Gasteiger partial charge in [0.25, 0.3) is 0 Å². The Morgan fingerprint density at radius 3 is 2.33 bits per heavy atom. The van der Waals surface area contributed by atoms with Gasteiger partial charge in [-0.15, -0.1) is 0 Å². The second-order valence-electron chi connectivity index (χ2n) is 5.92. The van der Waals surface area contributed by atoms with Gasteiger partial charge in [-0.2, -0.15) is 5.26 Å². The van der Waals surface area contributed by atoms with Crippen LogP contribution in [0.5, 0.6) is 0 Å². The van der Waals surface area contributed by atoms with Gasteiger partial charge in [-0.25, -0.2) is 0 Å². The molecule has 0 unspecified atom stereocenters. The molecule has 0 radical (unpaired) electrons. The van der Waals surface area contributed by atoms with E-state index in [1.165, 1.54) is 0 Å². The summed E-state index contributed by atoms with van der Waals surface area (Å²) in [7, 11) is 0. The summed E-state index contributed by atoms with van der Waals surface area (Å²) >= 11 is 0. The van der Waals surface area contributed by atoms with Crippen LogP contribution in [0.25, 0.3) is 0 Å². The van der Waals surface area contributed by atoms with Gasteiger partial charge in [0.15, 0.2) is 0 Å². The number of rotatable bonds is 3. The largest absolute Gasteiger partial charge is 0.339 e. The number of piperazine rings is 1. The number of amides is 1. The summed E-state index contributed by atoms with van der Waals surface area (Å²) < 4.78 is 0. The number of hydrogen-bond donors (Lipinski definition) is 1. The van der Waals surface area contributed by atoms with Crippen LogP contribution in [-0.4, -0.2) is 54.5 Å². The quantitative estimate of drug-likeness (QED) is 0.790. The Balaban J connectivity index is 2.43. The molecule has 5 heteroatoms. The van der Waals surface area contributed by atoms with Gasteiger partial charge in [0.05, 0.1) is 12.1 Å². The van der Waals surface area contributed by atoms with Crippen molar-refractivity contribution in [2.75, 3.05) is 32.7 Å². The van der Waals surface area contributed by atoms with Crippen LogP contribution in [-0.2, 0) is 4.79 Å². The molecule has 0 saturated carbocycles. The first kappa shape index (κ1) is 14.9. The number of nitriles is 1. The molecule has 1 saturated heterocycles. The van der Waals surface area contributed by atoms with Crippen LogP contribution in [0.1, 0.15) is 27.2 Å². The van der Waals surface area contributed by atoms with E-state index in [9.17, 15) is 4.79 Å². The van der Waals surface area contributed by atoms with Crippen molar-refractivity contribution in [3.05, 3.63) is 0 Å². The molecule has 2 N–H and O–H groups in total. The molecule has 1 aliphatic heterocycles. The van der Waals surface area contributed by atoms with E-state index in [4.69, 9.17) is 11.0 Å². The molecule has 1 atom stereocenters. The molecule has 0 aromatic heterocycles. The smallest absolute Gasteiger partial charge is 0.240 e. The van der Waals surface area contributed by atoms with Gasteiger partial charge in [0.1, 0.15) is 0 Å². The Morgan fingerprint density at radius 1 is 1.33 bits per heavy atom. The van der Waals surface area contributed by atoms with Crippen LogP contribution in [0, 0.1) is 16.7 Å². The fourth-order valence-electron chi connectivity index (χ4n) is 1.97. The van der Waals surface area contributed by atoms with Gasteiger partial charge in [0.2, 0.25) is 5.91 Å². The number of nitrogens with zero attached hydrogens (tertiary/aromatic N) is 3. The predicted octanol–water partition coefficient (Wildman–Crippen LogP) is 0.418. The summed E-state index contributed by atoms with van der Waals surface area (Å²) in [5.41, 5.74) is 5.79. The minimum atomic E-state index is -0.442. The number of carbonyl (C=O) groups is 1. The normalized spacial score (nSPS) is 19.4. The van der Waals surface area contributed by atoms with Crippen LogP contribution in [0.15, 0.2) is 0 Å². The second kappa shape index (κ2) is 6.17. The van der Waals surface area contributed by atoms with Crippen molar-refractivity contribution in [2.45, 2.75) is 33.2 Å². The molecule has 0 aromatic carbocycles. The highest BCUT2D eigenvalue weighted by atomic mass is 16.2. The molecular formula is C13H24N4O. The lowest BCUT2D eigenvalue weighted by Gasteiger charge is -2.37. The summed E-state index contributed by atoms with van der Waals surface area (Å²) in [4.78, 5) is 16.3. The molecule has 1 heterocycles. The maximum absolute atomic E-state index is 12.2. The molecule has 0 spiro atoms. The highest BCUT2D eigenvalue weighted by Crippen LogP contribution is 2.19. The molecule has 18 heavy (non-hydrogen) atoms. The minimum Gasteiger partial charge on any atom is -0.339 e. The van der Waals surface area contributed by atoms with Crippen molar-refractivity contribution in [3.63, 3.8) is 0 Å². The number of carbonyl (C=O) groups excluding carboxylic acids is 1. The fourth-order valence-corrected chi connectivity index (χ4v) is 1.97. The standard InChI is InChI=1S/C13H24N4O/c1-13(2,3)11(15)12(18)17-9-7-16(8-10-17)6-4-5-14/h11H,4,6-10,15H2,1-3H3/t11-/m1/s1. The Hall–Kier alpha value is -1.12. The maximum Gasteiger partial charge on any atom is 0.240 e. The zero-order valence-corrected chi connectivity index (χ0v) is 11.6. The third-order valence-corrected chi connectivity index (χ3v) is 3.42. The summed E-state index contributed by atoms with van der Waals surface area (Å²) in [6, 6.07) is 1.70. The topological polar surface area (TPSA) is 73.4 Å². The van der Waals surface area contributed by atoms with Crippen molar-refractivity contribution in [2.24, 2.45) is 11.1 Å². The molecule has 0 aromatic rings. The molecule has 102 valence electrons. The Bertz CT molecular complexity index is 321. The van der Waals surface area contributed by atoms with Gasteiger partial charge in [0, 0.05) is 39.1 Å². The summed E-state index contributed by atoms with van der Waals surface area (Å²) in [5, 5.41) is 8.54. The number of hydrogen-bond acceptors (Lipinski definition) is 4. The molecule has 0 aliphatic carbocycles. The van der Waals surface area contributed by atoms with Crippen molar-refractivity contribution in [1.29, 1.82) is 5.26 Å². The van der Waals surface area contributed by atoms with Crippen LogP contribution in [0.4, 0.5) is 0 Å². The summed E-state index contributed by atoms with van der Waals surface area (Å²) in [5.74, 6) is 0.0439. The first-order chi connectivity index (χ1) is 8.36. The molecular weight excluding hydrogens is 228 g/mol. The monoisotopic (exact) mass is 252 g/mol. The molecule has 1 aliphatic rings. The van der Waals surface area contributed by atoms with Gasteiger partial charge in [-0.3, -0.25) is 9.69 Å². The second-order valence-corrected chi connectivity index (χ2v) is 5.92. The van der Waals surface area contributed by atoms with E-state index in [1.54, 1.807) is 0 Å². The molecule has 1 amide bonds. The van der Waals surface area contributed by atoms with Gasteiger partial charge < -0.3 is 10.6 Å². The zero-order valence-electron chi connectivity index (χ0n) is 11.6. The van der Waals surface area contributed by atoms with E-state index >= 15 is 0 Å². The SMILES string of the molecule is CC(C)(C)[C@H](N)C(=O)N1CCN(CCC#N)CC1. The van der Waals surface area contributed by atoms with Crippen molar-refractivity contribution < 1.29 is 4.79 Å². The third-order valence-electron chi connectivity index (χ3n) is 3.42. The highest BCUT2D eigenvalue weighted by molar-refractivity contribution is 5.82. The van der Waals surface area contributed by atoms with E-state index in [1.807, 2.05) is 25.7 Å². The van der Waals surface area contributed by atoms with E-state index in [0.717, 1.165) is 19.6 Å². The van der Waals surface area contributed by atoms with Crippen LogP contribution < -0.4 is 5.73 Å². The molecule has 1 fully saturated rings. The van der Waals surface area contributed by atoms with Crippen LogP contribution >= 0.6 is 0 Å². The van der Waals surface area contributed by atoms with Crippen molar-refractivity contribution >= 4 is 5.91 Å². The molecule has 0 bridgehead atoms. The van der Waals surface area contributed by atoms with E-state index in [0.29, 0.717) is 19.5 Å². The summed E-state index contributed by atoms with van der Waals surface area (Å²) in [6.07, 6.45) is 0.551. The summed E-state index contributed by atoms with van der Waals surface area (Å²) in [6.45, 7) is 9.86. The lowest BCUT2D eigenvalue weighted by atomic mass is 9.86. The fraction of sp³-hybridized carbons (Fsp3) is 0.846. The Kier molecular flexibility index (Phi) is 5.12. The predicted molar refractivity (Wildman–Crippen MR) is 70.7 cm³/mol. The lowest BCUT2D eigenvalue weighted by Crippen LogP contribution is -2.56. The minimum absolute atomic E-state index is 0.0439. The van der Waals surface area contributed by atoms with E-state index in [2.05, 4.69) is 11.0 Å². The van der Waals surface area contributed by atoms with Crippen molar-refractivity contribution in [3.8, 4) is 6.07 Å². The maximum atomic E-state index is 12.2. The first-order valence-electron chi connectivity index (χ1n) is 6.50. The highest BCUT2D eigenvalue weighted by Gasteiger charge is 2.32. The van der Waals surface area contributed by atoms with Gasteiger partial charge >= 0.3 is 0 Å². The third kappa shape index (κ3) is 3.97. The van der Waals surface area contributed by atoms with Gasteiger partial charge in [-0.05, 0) is 5.41 Å². The average molecular weight is 252 g/mol. The van der Waals surface area contributed by atoms with Crippen molar-refractivity contribution in [1.82, 2.24) is 9.80 Å². The number of nitrogens with two attached hydrogens (primary N) is 1. The van der Waals surface area contributed by atoms with Gasteiger partial charge in [-0.1, -0.05) is 20.8 Å². The van der Waals surface area contributed by atoms with E-state index in [-0.39, 0.29) is 11.3 Å². The lowest BCUT2D eigenvalue weighted by molar-refractivity contribution is -0.136. The zero-order chi connectivity index (χ0) is 13.8. The van der Waals surface area contributed by atoms with Crippen LogP contribution in [0.2, 0.25) is 0 Å². The molecule has 5 nitrogen and oxygen atoms in total. The Labute approximate surface area is 110 Å². The average Bonchev–Trinajstić information content (AvgIpc) is 2.34. The first-order valence-corrected chi connectivity index (χ1v) is 6.50. The van der Waals surface area contributed by atoms with Crippen LogP contribution in [0.3, 0.4) is 0 Å². The molecule has 1 rings (SSSR count). The Morgan fingerprint density at radius 2 is 1.89 bits per heavy atom. The van der Waals surface area contributed by atoms with E-state index < -0.39 is 6.04 Å².